The molecule has 122 valence electrons. The van der Waals surface area contributed by atoms with Crippen molar-refractivity contribution < 1.29 is 9.53 Å². The summed E-state index contributed by atoms with van der Waals surface area (Å²) in [6.07, 6.45) is 8.69. The second kappa shape index (κ2) is 6.11. The maximum atomic E-state index is 11.8. The van der Waals surface area contributed by atoms with Crippen molar-refractivity contribution in [1.82, 2.24) is 9.97 Å². The van der Waals surface area contributed by atoms with Crippen LogP contribution in [0.2, 0.25) is 0 Å². The average Bonchev–Trinajstić information content (AvgIpc) is 3.28. The number of methoxy groups -OCH3 is 1. The predicted molar refractivity (Wildman–Crippen MR) is 94.1 cm³/mol. The molecule has 1 aromatic carbocycles. The lowest BCUT2D eigenvalue weighted by atomic mass is 9.92. The first-order valence-electron chi connectivity index (χ1n) is 8.42. The van der Waals surface area contributed by atoms with E-state index < -0.39 is 0 Å². The number of fused-ring (bicyclic) bond motifs is 1. The Bertz CT molecular complexity index is 877. The number of aromatic nitrogens is 2. The number of ether oxygens (including phenoxy) is 1. The van der Waals surface area contributed by atoms with E-state index in [4.69, 9.17) is 4.74 Å². The first kappa shape index (κ1) is 14.9. The van der Waals surface area contributed by atoms with Crippen molar-refractivity contribution in [2.24, 2.45) is 0 Å². The summed E-state index contributed by atoms with van der Waals surface area (Å²) in [4.78, 5) is 19.6. The first-order valence-corrected chi connectivity index (χ1v) is 8.42. The molecule has 0 atom stereocenters. The molecule has 1 aliphatic rings. The lowest BCUT2D eigenvalue weighted by molar-refractivity contribution is 0.0601. The van der Waals surface area contributed by atoms with Gasteiger partial charge in [-0.05, 0) is 48.6 Å². The van der Waals surface area contributed by atoms with Crippen molar-refractivity contribution in [2.45, 2.75) is 31.6 Å². The molecule has 1 saturated carbocycles. The van der Waals surface area contributed by atoms with Gasteiger partial charge in [-0.1, -0.05) is 18.9 Å². The van der Waals surface area contributed by atoms with E-state index in [0.29, 0.717) is 11.5 Å². The largest absolute Gasteiger partial charge is 0.465 e. The van der Waals surface area contributed by atoms with Crippen molar-refractivity contribution in [3.63, 3.8) is 0 Å². The SMILES string of the molecule is COC(=O)c1ccc2c(C3CCCC3)c(-c3cccnc3)[nH]c2c1. The highest BCUT2D eigenvalue weighted by Gasteiger charge is 2.25. The fraction of sp³-hybridized carbons (Fsp3) is 0.300. The van der Waals surface area contributed by atoms with Gasteiger partial charge in [0.2, 0.25) is 0 Å². The summed E-state index contributed by atoms with van der Waals surface area (Å²) in [5.41, 5.74) is 5.15. The molecule has 4 heteroatoms. The third-order valence-corrected chi connectivity index (χ3v) is 4.97. The lowest BCUT2D eigenvalue weighted by Crippen LogP contribution is -2.00. The van der Waals surface area contributed by atoms with Crippen molar-refractivity contribution in [2.75, 3.05) is 7.11 Å². The van der Waals surface area contributed by atoms with Gasteiger partial charge in [-0.25, -0.2) is 4.79 Å². The quantitative estimate of drug-likeness (QED) is 0.713. The van der Waals surface area contributed by atoms with Crippen LogP contribution in [0.25, 0.3) is 22.2 Å². The molecule has 1 aliphatic carbocycles. The maximum absolute atomic E-state index is 11.8. The minimum Gasteiger partial charge on any atom is -0.465 e. The van der Waals surface area contributed by atoms with Gasteiger partial charge in [0.1, 0.15) is 0 Å². The highest BCUT2D eigenvalue weighted by molar-refractivity contribution is 5.98. The van der Waals surface area contributed by atoms with Gasteiger partial charge >= 0.3 is 5.97 Å². The third kappa shape index (κ3) is 2.48. The molecule has 0 spiro atoms. The van der Waals surface area contributed by atoms with E-state index in [1.165, 1.54) is 43.7 Å². The first-order chi connectivity index (χ1) is 11.8. The zero-order valence-electron chi connectivity index (χ0n) is 13.7. The second-order valence-electron chi connectivity index (χ2n) is 6.39. The molecule has 0 amide bonds. The average molecular weight is 320 g/mol. The summed E-state index contributed by atoms with van der Waals surface area (Å²) >= 11 is 0. The van der Waals surface area contributed by atoms with Gasteiger partial charge < -0.3 is 9.72 Å². The Morgan fingerprint density at radius 1 is 1.25 bits per heavy atom. The molecule has 24 heavy (non-hydrogen) atoms. The van der Waals surface area contributed by atoms with E-state index in [9.17, 15) is 4.79 Å². The van der Waals surface area contributed by atoms with Crippen LogP contribution in [0.5, 0.6) is 0 Å². The number of rotatable bonds is 3. The monoisotopic (exact) mass is 320 g/mol. The fourth-order valence-electron chi connectivity index (χ4n) is 3.84. The van der Waals surface area contributed by atoms with Crippen molar-refractivity contribution in [1.29, 1.82) is 0 Å². The molecule has 0 aliphatic heterocycles. The van der Waals surface area contributed by atoms with Crippen LogP contribution >= 0.6 is 0 Å². The van der Waals surface area contributed by atoms with Crippen LogP contribution in [0.15, 0.2) is 42.7 Å². The molecular weight excluding hydrogens is 300 g/mol. The summed E-state index contributed by atoms with van der Waals surface area (Å²) < 4.78 is 4.84. The molecule has 4 rings (SSSR count). The summed E-state index contributed by atoms with van der Waals surface area (Å²) in [6, 6.07) is 9.83. The number of carbonyl (C=O) groups is 1. The number of esters is 1. The number of carbonyl (C=O) groups excluding carboxylic acids is 1. The van der Waals surface area contributed by atoms with Gasteiger partial charge in [0, 0.05) is 28.9 Å². The Kier molecular flexibility index (Phi) is 3.81. The molecule has 1 N–H and O–H groups in total. The van der Waals surface area contributed by atoms with Gasteiger partial charge in [0.15, 0.2) is 0 Å². The summed E-state index contributed by atoms with van der Waals surface area (Å²) in [5, 5.41) is 1.20. The Morgan fingerprint density at radius 3 is 2.79 bits per heavy atom. The summed E-state index contributed by atoms with van der Waals surface area (Å²) in [5.74, 6) is 0.259. The molecular formula is C20H20N2O2. The van der Waals surface area contributed by atoms with E-state index in [1.807, 2.05) is 30.5 Å². The Balaban J connectivity index is 1.92. The number of H-pyrrole nitrogens is 1. The van der Waals surface area contributed by atoms with Crippen LogP contribution in [0.1, 0.15) is 47.5 Å². The Hall–Kier alpha value is -2.62. The van der Waals surface area contributed by atoms with Crippen LogP contribution in [0, 0.1) is 0 Å². The van der Waals surface area contributed by atoms with E-state index in [-0.39, 0.29) is 5.97 Å². The van der Waals surface area contributed by atoms with E-state index in [0.717, 1.165) is 16.8 Å². The van der Waals surface area contributed by atoms with Gasteiger partial charge in [-0.2, -0.15) is 0 Å². The van der Waals surface area contributed by atoms with Crippen LogP contribution < -0.4 is 0 Å². The molecule has 4 nitrogen and oxygen atoms in total. The maximum Gasteiger partial charge on any atom is 0.337 e. The van der Waals surface area contributed by atoms with Crippen LogP contribution in [-0.2, 0) is 4.74 Å². The summed E-state index contributed by atoms with van der Waals surface area (Å²) in [7, 11) is 1.41. The van der Waals surface area contributed by atoms with E-state index >= 15 is 0 Å². The van der Waals surface area contributed by atoms with E-state index in [2.05, 4.69) is 16.0 Å². The Labute approximate surface area is 140 Å². The number of nitrogens with zero attached hydrogens (tertiary/aromatic N) is 1. The zero-order chi connectivity index (χ0) is 16.5. The summed E-state index contributed by atoms with van der Waals surface area (Å²) in [6.45, 7) is 0. The van der Waals surface area contributed by atoms with Crippen LogP contribution in [0.3, 0.4) is 0 Å². The standard InChI is InChI=1S/C20H20N2O2/c1-24-20(23)14-8-9-16-17(11-14)22-19(15-7-4-10-21-12-15)18(16)13-5-2-3-6-13/h4,7-13,22H,2-3,5-6H2,1H3. The van der Waals surface area contributed by atoms with Crippen LogP contribution in [0.4, 0.5) is 0 Å². The molecule has 2 heterocycles. The van der Waals surface area contributed by atoms with Crippen molar-refractivity contribution >= 4 is 16.9 Å². The number of hydrogen-bond donors (Lipinski definition) is 1. The highest BCUT2D eigenvalue weighted by Crippen LogP contribution is 2.43. The number of benzene rings is 1. The number of pyridine rings is 1. The van der Waals surface area contributed by atoms with Crippen molar-refractivity contribution in [3.8, 4) is 11.3 Å². The Morgan fingerprint density at radius 2 is 2.08 bits per heavy atom. The molecule has 0 bridgehead atoms. The number of hydrogen-bond acceptors (Lipinski definition) is 3. The van der Waals surface area contributed by atoms with Gasteiger partial charge in [-0.3, -0.25) is 4.98 Å². The minimum absolute atomic E-state index is 0.308. The van der Waals surface area contributed by atoms with Gasteiger partial charge in [0.25, 0.3) is 0 Å². The number of nitrogens with one attached hydrogen (secondary N) is 1. The fourth-order valence-corrected chi connectivity index (χ4v) is 3.84. The lowest BCUT2D eigenvalue weighted by Gasteiger charge is -2.12. The third-order valence-electron chi connectivity index (χ3n) is 4.97. The topological polar surface area (TPSA) is 55.0 Å². The minimum atomic E-state index is -0.308. The van der Waals surface area contributed by atoms with Gasteiger partial charge in [0.05, 0.1) is 18.4 Å². The molecule has 1 fully saturated rings. The smallest absolute Gasteiger partial charge is 0.337 e. The van der Waals surface area contributed by atoms with Gasteiger partial charge in [-0.15, -0.1) is 0 Å². The number of aromatic amines is 1. The van der Waals surface area contributed by atoms with Crippen LogP contribution in [-0.4, -0.2) is 23.0 Å². The molecule has 3 aromatic rings. The molecule has 2 aromatic heterocycles. The normalized spacial score (nSPS) is 15.0. The second-order valence-corrected chi connectivity index (χ2v) is 6.39. The molecule has 0 radical (unpaired) electrons. The predicted octanol–water partition coefficient (Wildman–Crippen LogP) is 4.67. The zero-order valence-corrected chi connectivity index (χ0v) is 13.7. The van der Waals surface area contributed by atoms with Crippen molar-refractivity contribution in [3.05, 3.63) is 53.9 Å². The van der Waals surface area contributed by atoms with E-state index in [1.54, 1.807) is 6.20 Å². The molecule has 0 saturated heterocycles. The highest BCUT2D eigenvalue weighted by atomic mass is 16.5. The molecule has 0 unspecified atom stereocenters.